The lowest BCUT2D eigenvalue weighted by Crippen LogP contribution is -2.49. The summed E-state index contributed by atoms with van der Waals surface area (Å²) in [6.07, 6.45) is 1.74. The van der Waals surface area contributed by atoms with Crippen molar-refractivity contribution in [3.8, 4) is 0 Å². The van der Waals surface area contributed by atoms with Crippen LogP contribution in [-0.2, 0) is 4.79 Å². The normalized spacial score (nSPS) is 13.5. The maximum atomic E-state index is 11.5. The molecule has 0 spiro atoms. The van der Waals surface area contributed by atoms with Crippen LogP contribution in [0.1, 0.15) is 27.7 Å². The first-order chi connectivity index (χ1) is 5.87. The summed E-state index contributed by atoms with van der Waals surface area (Å²) in [7, 11) is 0. The first-order valence-corrected chi connectivity index (χ1v) is 4.53. The zero-order chi connectivity index (χ0) is 10.5. The number of nitrogens with one attached hydrogen (secondary N) is 2. The third-order valence-electron chi connectivity index (χ3n) is 1.46. The summed E-state index contributed by atoms with van der Waals surface area (Å²) in [5.41, 5.74) is -0.165. The zero-order valence-corrected chi connectivity index (χ0v) is 8.98. The van der Waals surface area contributed by atoms with Crippen LogP contribution in [-0.4, -0.2) is 24.0 Å². The topological polar surface area (TPSA) is 41.1 Å². The van der Waals surface area contributed by atoms with Gasteiger partial charge in [0.15, 0.2) is 0 Å². The Morgan fingerprint density at radius 1 is 1.54 bits per heavy atom. The quantitative estimate of drug-likeness (QED) is 0.642. The second kappa shape index (κ2) is 5.02. The van der Waals surface area contributed by atoms with Crippen molar-refractivity contribution in [1.29, 1.82) is 0 Å². The molecule has 13 heavy (non-hydrogen) atoms. The molecule has 0 aliphatic carbocycles. The third-order valence-corrected chi connectivity index (χ3v) is 1.46. The van der Waals surface area contributed by atoms with Gasteiger partial charge in [-0.2, -0.15) is 0 Å². The van der Waals surface area contributed by atoms with E-state index in [9.17, 15) is 4.79 Å². The maximum Gasteiger partial charge on any atom is 0.237 e. The number of hydrogen-bond acceptors (Lipinski definition) is 2. The van der Waals surface area contributed by atoms with E-state index in [4.69, 9.17) is 0 Å². The van der Waals surface area contributed by atoms with Gasteiger partial charge in [0, 0.05) is 12.1 Å². The fourth-order valence-electron chi connectivity index (χ4n) is 0.831. The summed E-state index contributed by atoms with van der Waals surface area (Å²) in [4.78, 5) is 11.5. The first-order valence-electron chi connectivity index (χ1n) is 4.53. The van der Waals surface area contributed by atoms with Gasteiger partial charge < -0.3 is 10.6 Å². The lowest BCUT2D eigenvalue weighted by molar-refractivity contribution is -0.124. The number of carbonyl (C=O) groups is 1. The molecule has 0 saturated carbocycles. The smallest absolute Gasteiger partial charge is 0.237 e. The minimum Gasteiger partial charge on any atom is -0.350 e. The van der Waals surface area contributed by atoms with E-state index in [-0.39, 0.29) is 17.5 Å². The summed E-state index contributed by atoms with van der Waals surface area (Å²) in [6, 6.07) is -0.169. The van der Waals surface area contributed by atoms with Crippen LogP contribution in [0, 0.1) is 0 Å². The Morgan fingerprint density at radius 3 is 2.46 bits per heavy atom. The molecule has 0 aliphatic rings. The highest BCUT2D eigenvalue weighted by Gasteiger charge is 2.17. The molecule has 0 bridgehead atoms. The Bertz CT molecular complexity index is 182. The van der Waals surface area contributed by atoms with Gasteiger partial charge >= 0.3 is 0 Å². The molecule has 0 radical (unpaired) electrons. The van der Waals surface area contributed by atoms with E-state index in [1.54, 1.807) is 6.08 Å². The molecule has 0 aromatic carbocycles. The number of carbonyl (C=O) groups excluding carboxylic acids is 1. The molecule has 0 heterocycles. The van der Waals surface area contributed by atoms with Gasteiger partial charge in [-0.3, -0.25) is 4.79 Å². The van der Waals surface area contributed by atoms with Crippen molar-refractivity contribution >= 4 is 5.91 Å². The molecule has 76 valence electrons. The van der Waals surface area contributed by atoms with Gasteiger partial charge in [-0.1, -0.05) is 6.08 Å². The molecule has 3 heteroatoms. The van der Waals surface area contributed by atoms with Crippen molar-refractivity contribution in [2.45, 2.75) is 39.3 Å². The molecule has 1 amide bonds. The van der Waals surface area contributed by atoms with Gasteiger partial charge in [0.1, 0.15) is 0 Å². The predicted molar refractivity (Wildman–Crippen MR) is 55.6 cm³/mol. The van der Waals surface area contributed by atoms with Crippen molar-refractivity contribution in [3.63, 3.8) is 0 Å². The molecule has 0 aromatic heterocycles. The first kappa shape index (κ1) is 12.2. The molecule has 0 aromatic rings. The monoisotopic (exact) mass is 184 g/mol. The molecule has 0 saturated heterocycles. The average Bonchev–Trinajstić information content (AvgIpc) is 1.96. The van der Waals surface area contributed by atoms with Crippen LogP contribution in [0.4, 0.5) is 0 Å². The van der Waals surface area contributed by atoms with E-state index in [2.05, 4.69) is 17.2 Å². The van der Waals surface area contributed by atoms with Crippen LogP contribution in [0.2, 0.25) is 0 Å². The van der Waals surface area contributed by atoms with Gasteiger partial charge in [0.25, 0.3) is 0 Å². The fraction of sp³-hybridized carbons (Fsp3) is 0.700. The summed E-state index contributed by atoms with van der Waals surface area (Å²) in [6.45, 7) is 12.0. The zero-order valence-electron chi connectivity index (χ0n) is 8.98. The van der Waals surface area contributed by atoms with Gasteiger partial charge in [0.05, 0.1) is 6.04 Å². The number of amides is 1. The Balaban J connectivity index is 3.89. The molecule has 0 fully saturated rings. The molecule has 0 rings (SSSR count). The van der Waals surface area contributed by atoms with Crippen LogP contribution in [0.25, 0.3) is 0 Å². The van der Waals surface area contributed by atoms with Crippen LogP contribution < -0.4 is 10.6 Å². The molecule has 2 N–H and O–H groups in total. The van der Waals surface area contributed by atoms with E-state index < -0.39 is 0 Å². The van der Waals surface area contributed by atoms with Gasteiger partial charge in [-0.05, 0) is 27.7 Å². The summed E-state index contributed by atoms with van der Waals surface area (Å²) >= 11 is 0. The largest absolute Gasteiger partial charge is 0.350 e. The van der Waals surface area contributed by atoms with Crippen molar-refractivity contribution in [3.05, 3.63) is 12.7 Å². The highest BCUT2D eigenvalue weighted by Crippen LogP contribution is 1.98. The van der Waals surface area contributed by atoms with E-state index >= 15 is 0 Å². The second-order valence-corrected chi connectivity index (χ2v) is 4.16. The standard InChI is InChI=1S/C10H20N2O/c1-6-7-11-8(2)9(13)12-10(3,4)5/h6,8,11H,1,7H2,2-5H3,(H,12,13). The van der Waals surface area contributed by atoms with E-state index in [1.165, 1.54) is 0 Å². The Labute approximate surface area is 80.6 Å². The van der Waals surface area contributed by atoms with Gasteiger partial charge in [0.2, 0.25) is 5.91 Å². The Hall–Kier alpha value is -0.830. The summed E-state index contributed by atoms with van der Waals surface area (Å²) in [5, 5.41) is 5.92. The molecule has 0 aliphatic heterocycles. The van der Waals surface area contributed by atoms with E-state index in [0.29, 0.717) is 6.54 Å². The van der Waals surface area contributed by atoms with Crippen LogP contribution in [0.3, 0.4) is 0 Å². The number of rotatable bonds is 4. The third kappa shape index (κ3) is 6.34. The highest BCUT2D eigenvalue weighted by molar-refractivity contribution is 5.81. The van der Waals surface area contributed by atoms with E-state index in [0.717, 1.165) is 0 Å². The SMILES string of the molecule is C=CCNC(C)C(=O)NC(C)(C)C. The fourth-order valence-corrected chi connectivity index (χ4v) is 0.831. The predicted octanol–water partition coefficient (Wildman–Crippen LogP) is 1.07. The van der Waals surface area contributed by atoms with Crippen molar-refractivity contribution in [2.24, 2.45) is 0 Å². The lowest BCUT2D eigenvalue weighted by Gasteiger charge is -2.23. The maximum absolute atomic E-state index is 11.5. The van der Waals surface area contributed by atoms with Crippen molar-refractivity contribution in [2.75, 3.05) is 6.54 Å². The molecule has 3 nitrogen and oxygen atoms in total. The summed E-state index contributed by atoms with van der Waals surface area (Å²) < 4.78 is 0. The van der Waals surface area contributed by atoms with Crippen LogP contribution in [0.15, 0.2) is 12.7 Å². The van der Waals surface area contributed by atoms with Crippen molar-refractivity contribution < 1.29 is 4.79 Å². The van der Waals surface area contributed by atoms with Crippen LogP contribution in [0.5, 0.6) is 0 Å². The number of hydrogen-bond donors (Lipinski definition) is 2. The highest BCUT2D eigenvalue weighted by atomic mass is 16.2. The molecular weight excluding hydrogens is 164 g/mol. The molecule has 1 unspecified atom stereocenters. The lowest BCUT2D eigenvalue weighted by atomic mass is 10.1. The molecular formula is C10H20N2O. The summed E-state index contributed by atoms with van der Waals surface area (Å²) in [5.74, 6) is 0.0225. The minimum absolute atomic E-state index is 0.0225. The van der Waals surface area contributed by atoms with Crippen molar-refractivity contribution in [1.82, 2.24) is 10.6 Å². The van der Waals surface area contributed by atoms with Crippen LogP contribution >= 0.6 is 0 Å². The van der Waals surface area contributed by atoms with E-state index in [1.807, 2.05) is 27.7 Å². The average molecular weight is 184 g/mol. The molecule has 1 atom stereocenters. The van der Waals surface area contributed by atoms with Gasteiger partial charge in [-0.25, -0.2) is 0 Å². The van der Waals surface area contributed by atoms with Gasteiger partial charge in [-0.15, -0.1) is 6.58 Å². The Morgan fingerprint density at radius 2 is 2.08 bits per heavy atom. The second-order valence-electron chi connectivity index (χ2n) is 4.16. The minimum atomic E-state index is -0.169. The Kier molecular flexibility index (Phi) is 4.70.